The largest absolute Gasteiger partial charge is 0.497 e. The number of hydrogen-bond acceptors (Lipinski definition) is 9. The molecule has 11 heteroatoms. The van der Waals surface area contributed by atoms with E-state index in [1.54, 1.807) is 49.4 Å². The molecule has 11 nitrogen and oxygen atoms in total. The molecule has 0 spiro atoms. The molecule has 3 unspecified atom stereocenters. The lowest BCUT2D eigenvalue weighted by Gasteiger charge is -2.37. The monoisotopic (exact) mass is 657 g/mol. The number of aliphatic hydroxyl groups is 1. The van der Waals surface area contributed by atoms with Crippen LogP contribution in [0.3, 0.4) is 0 Å². The van der Waals surface area contributed by atoms with Gasteiger partial charge in [0.2, 0.25) is 0 Å². The van der Waals surface area contributed by atoms with Gasteiger partial charge in [0.15, 0.2) is 17.0 Å². The van der Waals surface area contributed by atoms with Crippen molar-refractivity contribution < 1.29 is 28.8 Å². The Bertz CT molecular complexity index is 1970. The quantitative estimate of drug-likeness (QED) is 0.167. The van der Waals surface area contributed by atoms with Crippen LogP contribution < -0.4 is 14.8 Å². The molecule has 1 amide bonds. The van der Waals surface area contributed by atoms with Gasteiger partial charge in [-0.15, -0.1) is 0 Å². The SMILES string of the molecule is COc1ccc(C(OCC2OC(n3cnc4c(NC(=O)c5ccccc5)ncnc43)CC2O)(c2ccccc2)c2ccc(OC)cc2)cc1. The minimum atomic E-state index is -1.07. The topological polar surface area (TPSA) is 130 Å². The van der Waals surface area contributed by atoms with Gasteiger partial charge in [0.05, 0.1) is 33.3 Å². The van der Waals surface area contributed by atoms with Crippen molar-refractivity contribution in [1.29, 1.82) is 0 Å². The Balaban J connectivity index is 1.18. The van der Waals surface area contributed by atoms with E-state index in [2.05, 4.69) is 20.3 Å². The third-order valence-electron chi connectivity index (χ3n) is 8.78. The Labute approximate surface area is 283 Å². The number of benzene rings is 4. The zero-order valence-electron chi connectivity index (χ0n) is 27.0. The maximum absolute atomic E-state index is 12.8. The number of ether oxygens (including phenoxy) is 4. The number of carbonyl (C=O) groups is 1. The fraction of sp³-hybridized carbons (Fsp3) is 0.211. The van der Waals surface area contributed by atoms with E-state index in [1.807, 2.05) is 84.9 Å². The molecule has 4 aromatic carbocycles. The third kappa shape index (κ3) is 6.22. The van der Waals surface area contributed by atoms with Crippen LogP contribution >= 0.6 is 0 Å². The number of fused-ring (bicyclic) bond motifs is 1. The summed E-state index contributed by atoms with van der Waals surface area (Å²) in [6, 6.07) is 34.4. The number of nitrogens with one attached hydrogen (secondary N) is 1. The van der Waals surface area contributed by atoms with Crippen molar-refractivity contribution in [2.75, 3.05) is 26.1 Å². The molecule has 248 valence electrons. The molecule has 2 N–H and O–H groups in total. The second-order valence-corrected chi connectivity index (χ2v) is 11.6. The predicted molar refractivity (Wildman–Crippen MR) is 183 cm³/mol. The summed E-state index contributed by atoms with van der Waals surface area (Å²) in [5.74, 6) is 1.41. The summed E-state index contributed by atoms with van der Waals surface area (Å²) in [5.41, 5.74) is 2.94. The molecule has 0 saturated carbocycles. The van der Waals surface area contributed by atoms with Crippen molar-refractivity contribution in [3.8, 4) is 11.5 Å². The second-order valence-electron chi connectivity index (χ2n) is 11.6. The van der Waals surface area contributed by atoms with Gasteiger partial charge in [0, 0.05) is 12.0 Å². The van der Waals surface area contributed by atoms with Crippen LogP contribution in [0.5, 0.6) is 11.5 Å². The van der Waals surface area contributed by atoms with Crippen LogP contribution in [0.15, 0.2) is 122 Å². The summed E-state index contributed by atoms with van der Waals surface area (Å²) in [5, 5.41) is 14.1. The predicted octanol–water partition coefficient (Wildman–Crippen LogP) is 5.75. The molecule has 1 saturated heterocycles. The Kier molecular flexibility index (Phi) is 9.03. The minimum Gasteiger partial charge on any atom is -0.497 e. The van der Waals surface area contributed by atoms with Crippen LogP contribution in [0.25, 0.3) is 11.2 Å². The van der Waals surface area contributed by atoms with Gasteiger partial charge in [-0.2, -0.15) is 0 Å². The van der Waals surface area contributed by atoms with Crippen molar-refractivity contribution >= 4 is 22.9 Å². The summed E-state index contributed by atoms with van der Waals surface area (Å²) < 4.78 is 26.1. The first-order valence-electron chi connectivity index (χ1n) is 15.9. The summed E-state index contributed by atoms with van der Waals surface area (Å²) in [6.45, 7) is 0.0601. The zero-order valence-corrected chi connectivity index (χ0v) is 27.0. The fourth-order valence-corrected chi connectivity index (χ4v) is 6.24. The highest BCUT2D eigenvalue weighted by Gasteiger charge is 2.42. The Morgan fingerprint density at radius 1 is 0.837 bits per heavy atom. The number of nitrogens with zero attached hydrogens (tertiary/aromatic N) is 4. The van der Waals surface area contributed by atoms with Crippen LogP contribution in [0.1, 0.15) is 39.7 Å². The minimum absolute atomic E-state index is 0.0601. The molecule has 1 aliphatic heterocycles. The number of anilines is 1. The molecule has 3 atom stereocenters. The first kappa shape index (κ1) is 32.0. The Morgan fingerprint density at radius 2 is 1.43 bits per heavy atom. The third-order valence-corrected chi connectivity index (χ3v) is 8.78. The molecule has 49 heavy (non-hydrogen) atoms. The Hall–Kier alpha value is -5.62. The average molecular weight is 658 g/mol. The van der Waals surface area contributed by atoms with E-state index in [0.717, 1.165) is 28.2 Å². The highest BCUT2D eigenvalue weighted by atomic mass is 16.6. The molecule has 6 aromatic rings. The molecule has 0 aliphatic carbocycles. The molecule has 3 heterocycles. The van der Waals surface area contributed by atoms with Crippen molar-refractivity contribution in [3.05, 3.63) is 144 Å². The lowest BCUT2D eigenvalue weighted by molar-refractivity contribution is -0.0931. The van der Waals surface area contributed by atoms with E-state index in [0.29, 0.717) is 16.7 Å². The maximum Gasteiger partial charge on any atom is 0.256 e. The van der Waals surface area contributed by atoms with Gasteiger partial charge < -0.3 is 29.4 Å². The molecule has 2 aromatic heterocycles. The van der Waals surface area contributed by atoms with Crippen LogP contribution in [0.4, 0.5) is 5.82 Å². The van der Waals surface area contributed by atoms with Gasteiger partial charge in [-0.3, -0.25) is 9.36 Å². The molecule has 0 bridgehead atoms. The molecular weight excluding hydrogens is 622 g/mol. The lowest BCUT2D eigenvalue weighted by Crippen LogP contribution is -2.38. The van der Waals surface area contributed by atoms with Crippen LogP contribution in [0.2, 0.25) is 0 Å². The van der Waals surface area contributed by atoms with Crippen LogP contribution in [-0.4, -0.2) is 63.6 Å². The normalized spacial score (nSPS) is 17.6. The van der Waals surface area contributed by atoms with Gasteiger partial charge in [-0.05, 0) is 53.1 Å². The van der Waals surface area contributed by atoms with Crippen molar-refractivity contribution in [2.24, 2.45) is 0 Å². The first-order valence-corrected chi connectivity index (χ1v) is 15.9. The number of carbonyl (C=O) groups excluding carboxylic acids is 1. The highest BCUT2D eigenvalue weighted by Crippen LogP contribution is 2.43. The van der Waals surface area contributed by atoms with Gasteiger partial charge in [-0.1, -0.05) is 72.8 Å². The summed E-state index contributed by atoms with van der Waals surface area (Å²) >= 11 is 0. The van der Waals surface area contributed by atoms with E-state index in [1.165, 1.54) is 6.33 Å². The standard InChI is InChI=1S/C38H35N5O6/c1-46-29-17-13-27(14-18-29)38(26-11-7-4-8-12-26,28-15-19-30(47-2)20-16-28)48-22-32-31(44)21-33(49-32)43-24-41-34-35(39-23-40-36(34)43)42-37(45)25-9-5-3-6-10-25/h3-20,23-24,31-33,44H,21-22H2,1-2H3,(H,39,40,42,45). The number of methoxy groups -OCH3 is 2. The molecule has 1 fully saturated rings. The van der Waals surface area contributed by atoms with E-state index < -0.39 is 24.0 Å². The highest BCUT2D eigenvalue weighted by molar-refractivity contribution is 6.06. The van der Waals surface area contributed by atoms with Gasteiger partial charge in [0.1, 0.15) is 35.8 Å². The van der Waals surface area contributed by atoms with E-state index in [-0.39, 0.29) is 24.8 Å². The number of amides is 1. The molecule has 7 rings (SSSR count). The first-order chi connectivity index (χ1) is 24.0. The van der Waals surface area contributed by atoms with Crippen LogP contribution in [-0.2, 0) is 15.1 Å². The number of imidazole rings is 1. The number of hydrogen-bond donors (Lipinski definition) is 2. The van der Waals surface area contributed by atoms with Crippen molar-refractivity contribution in [1.82, 2.24) is 19.5 Å². The Morgan fingerprint density at radius 3 is 2.04 bits per heavy atom. The van der Waals surface area contributed by atoms with Gasteiger partial charge in [0.25, 0.3) is 5.91 Å². The lowest BCUT2D eigenvalue weighted by atomic mass is 9.80. The number of aliphatic hydroxyl groups excluding tert-OH is 1. The van der Waals surface area contributed by atoms with Gasteiger partial charge in [-0.25, -0.2) is 15.0 Å². The van der Waals surface area contributed by atoms with Crippen molar-refractivity contribution in [2.45, 2.75) is 30.5 Å². The molecular formula is C38H35N5O6. The summed E-state index contributed by atoms with van der Waals surface area (Å²) in [6.07, 6.45) is 1.11. The number of rotatable bonds is 11. The fourth-order valence-electron chi connectivity index (χ4n) is 6.24. The summed E-state index contributed by atoms with van der Waals surface area (Å²) in [4.78, 5) is 26.0. The van der Waals surface area contributed by atoms with Crippen molar-refractivity contribution in [3.63, 3.8) is 0 Å². The maximum atomic E-state index is 12.8. The van der Waals surface area contributed by atoms with Crippen LogP contribution in [0, 0.1) is 0 Å². The second kappa shape index (κ2) is 13.9. The molecule has 1 aliphatic rings. The summed E-state index contributed by atoms with van der Waals surface area (Å²) in [7, 11) is 3.26. The average Bonchev–Trinajstić information content (AvgIpc) is 3.76. The smallest absolute Gasteiger partial charge is 0.256 e. The molecule has 0 radical (unpaired) electrons. The van der Waals surface area contributed by atoms with E-state index in [9.17, 15) is 9.90 Å². The zero-order chi connectivity index (χ0) is 33.8. The van der Waals surface area contributed by atoms with Gasteiger partial charge >= 0.3 is 0 Å². The van der Waals surface area contributed by atoms with E-state index >= 15 is 0 Å². The van der Waals surface area contributed by atoms with E-state index in [4.69, 9.17) is 18.9 Å². The number of aromatic nitrogens is 4.